The van der Waals surface area contributed by atoms with E-state index in [1.807, 2.05) is 18.2 Å². The number of pyridine rings is 1. The van der Waals surface area contributed by atoms with Crippen LogP contribution in [0.15, 0.2) is 47.4 Å². The molecular weight excluding hydrogens is 228 g/mol. The summed E-state index contributed by atoms with van der Waals surface area (Å²) in [5, 5.41) is 0. The smallest absolute Gasteiger partial charge is 0.0705 e. The molecule has 2 N–H and O–H groups in total. The van der Waals surface area contributed by atoms with Crippen LogP contribution in [0, 0.1) is 0 Å². The van der Waals surface area contributed by atoms with Crippen LogP contribution in [0.5, 0.6) is 0 Å². The van der Waals surface area contributed by atoms with Gasteiger partial charge in [-0.15, -0.1) is 11.8 Å². The summed E-state index contributed by atoms with van der Waals surface area (Å²) in [5.74, 6) is 0. The third-order valence-corrected chi connectivity index (χ3v) is 3.34. The van der Waals surface area contributed by atoms with E-state index in [1.165, 1.54) is 4.90 Å². The van der Waals surface area contributed by atoms with Crippen molar-refractivity contribution in [1.82, 2.24) is 4.98 Å². The van der Waals surface area contributed by atoms with E-state index in [0.29, 0.717) is 6.54 Å². The minimum Gasteiger partial charge on any atom is -0.330 e. The molecule has 1 aromatic heterocycles. The molecule has 2 aromatic rings. The number of hydrogen-bond acceptors (Lipinski definition) is 3. The number of aromatic nitrogens is 1. The highest BCUT2D eigenvalue weighted by atomic mass is 32.2. The van der Waals surface area contributed by atoms with E-state index in [1.54, 1.807) is 11.8 Å². The average molecular weight is 244 g/mol. The van der Waals surface area contributed by atoms with Crippen molar-refractivity contribution in [1.29, 1.82) is 0 Å². The minimum absolute atomic E-state index is 0.641. The Morgan fingerprint density at radius 1 is 1.12 bits per heavy atom. The van der Waals surface area contributed by atoms with Crippen molar-refractivity contribution in [3.8, 4) is 11.3 Å². The lowest BCUT2D eigenvalue weighted by molar-refractivity contribution is 0.925. The van der Waals surface area contributed by atoms with Crippen molar-refractivity contribution in [3.05, 3.63) is 48.2 Å². The van der Waals surface area contributed by atoms with Gasteiger partial charge in [-0.25, -0.2) is 0 Å². The first kappa shape index (κ1) is 12.1. The van der Waals surface area contributed by atoms with E-state index in [9.17, 15) is 0 Å². The molecule has 0 fully saturated rings. The highest BCUT2D eigenvalue weighted by molar-refractivity contribution is 7.98. The van der Waals surface area contributed by atoms with Crippen LogP contribution in [0.3, 0.4) is 0 Å². The molecule has 0 unspecified atom stereocenters. The zero-order valence-electron chi connectivity index (χ0n) is 9.89. The number of nitrogens with two attached hydrogens (primary N) is 1. The second-order valence-corrected chi connectivity index (χ2v) is 4.66. The summed E-state index contributed by atoms with van der Waals surface area (Å²) < 4.78 is 0. The second kappa shape index (κ2) is 5.84. The Hall–Kier alpha value is -1.32. The van der Waals surface area contributed by atoms with Gasteiger partial charge in [0.05, 0.1) is 5.69 Å². The summed E-state index contributed by atoms with van der Waals surface area (Å²) in [5.41, 5.74) is 8.77. The van der Waals surface area contributed by atoms with E-state index in [2.05, 4.69) is 35.5 Å². The Morgan fingerprint density at radius 2 is 1.88 bits per heavy atom. The summed E-state index contributed by atoms with van der Waals surface area (Å²) in [6.07, 6.45) is 2.91. The van der Waals surface area contributed by atoms with Gasteiger partial charge in [0.2, 0.25) is 0 Å². The van der Waals surface area contributed by atoms with Gasteiger partial charge in [-0.05, 0) is 37.1 Å². The zero-order valence-corrected chi connectivity index (χ0v) is 10.7. The predicted octanol–water partition coefficient (Wildman–Crippen LogP) is 2.97. The Bertz CT molecular complexity index is 480. The standard InChI is InChI=1S/C14H16N2S/c1-17-13-7-5-11(6-8-13)14-4-2-3-12(16-14)9-10-15/h2-8H,9-10,15H2,1H3. The monoisotopic (exact) mass is 244 g/mol. The van der Waals surface area contributed by atoms with E-state index in [-0.39, 0.29) is 0 Å². The second-order valence-electron chi connectivity index (χ2n) is 3.78. The van der Waals surface area contributed by atoms with Gasteiger partial charge in [0, 0.05) is 22.6 Å². The molecule has 0 aliphatic carbocycles. The molecule has 0 saturated heterocycles. The molecule has 0 amide bonds. The molecule has 0 spiro atoms. The molecule has 0 saturated carbocycles. The summed E-state index contributed by atoms with van der Waals surface area (Å²) in [7, 11) is 0. The first-order valence-corrected chi connectivity index (χ1v) is 6.86. The van der Waals surface area contributed by atoms with Crippen LogP contribution in [0.1, 0.15) is 5.69 Å². The van der Waals surface area contributed by atoms with Crippen LogP contribution in [0.25, 0.3) is 11.3 Å². The fraction of sp³-hybridized carbons (Fsp3) is 0.214. The van der Waals surface area contributed by atoms with Gasteiger partial charge in [-0.1, -0.05) is 18.2 Å². The van der Waals surface area contributed by atoms with E-state index in [4.69, 9.17) is 5.73 Å². The van der Waals surface area contributed by atoms with Crippen LogP contribution in [-0.4, -0.2) is 17.8 Å². The number of hydrogen-bond donors (Lipinski definition) is 1. The lowest BCUT2D eigenvalue weighted by atomic mass is 10.1. The highest BCUT2D eigenvalue weighted by Crippen LogP contribution is 2.21. The highest BCUT2D eigenvalue weighted by Gasteiger charge is 2.00. The Morgan fingerprint density at radius 3 is 2.53 bits per heavy atom. The summed E-state index contributed by atoms with van der Waals surface area (Å²) in [6.45, 7) is 0.641. The van der Waals surface area contributed by atoms with Gasteiger partial charge in [0.25, 0.3) is 0 Å². The molecule has 0 aliphatic heterocycles. The maximum absolute atomic E-state index is 5.54. The third-order valence-electron chi connectivity index (χ3n) is 2.59. The average Bonchev–Trinajstić information content (AvgIpc) is 2.40. The van der Waals surface area contributed by atoms with E-state index in [0.717, 1.165) is 23.4 Å². The van der Waals surface area contributed by atoms with E-state index < -0.39 is 0 Å². The Balaban J connectivity index is 2.28. The van der Waals surface area contributed by atoms with Crippen molar-refractivity contribution in [3.63, 3.8) is 0 Å². The van der Waals surface area contributed by atoms with Crippen LogP contribution in [0.2, 0.25) is 0 Å². The topological polar surface area (TPSA) is 38.9 Å². The molecule has 2 nitrogen and oxygen atoms in total. The molecule has 17 heavy (non-hydrogen) atoms. The first-order valence-electron chi connectivity index (χ1n) is 5.64. The quantitative estimate of drug-likeness (QED) is 0.840. The molecule has 1 heterocycles. The molecule has 1 aromatic carbocycles. The predicted molar refractivity (Wildman–Crippen MR) is 74.2 cm³/mol. The van der Waals surface area contributed by atoms with Gasteiger partial charge >= 0.3 is 0 Å². The zero-order chi connectivity index (χ0) is 12.1. The molecule has 0 bridgehead atoms. The lowest BCUT2D eigenvalue weighted by Crippen LogP contribution is -2.04. The molecule has 0 radical (unpaired) electrons. The fourth-order valence-electron chi connectivity index (χ4n) is 1.69. The molecule has 0 atom stereocenters. The molecule has 0 aliphatic rings. The number of nitrogens with zero attached hydrogens (tertiary/aromatic N) is 1. The van der Waals surface area contributed by atoms with Crippen molar-refractivity contribution >= 4 is 11.8 Å². The van der Waals surface area contributed by atoms with Crippen LogP contribution < -0.4 is 5.73 Å². The third kappa shape index (κ3) is 3.08. The normalized spacial score (nSPS) is 10.5. The Labute approximate surface area is 106 Å². The van der Waals surface area contributed by atoms with Crippen molar-refractivity contribution < 1.29 is 0 Å². The van der Waals surface area contributed by atoms with Crippen molar-refractivity contribution in [2.24, 2.45) is 5.73 Å². The number of benzene rings is 1. The lowest BCUT2D eigenvalue weighted by Gasteiger charge is -2.04. The maximum Gasteiger partial charge on any atom is 0.0705 e. The molecule has 2 rings (SSSR count). The molecule has 88 valence electrons. The van der Waals surface area contributed by atoms with Crippen LogP contribution in [-0.2, 0) is 6.42 Å². The number of rotatable bonds is 4. The molecular formula is C14H16N2S. The maximum atomic E-state index is 5.54. The SMILES string of the molecule is CSc1ccc(-c2cccc(CCN)n2)cc1. The molecule has 3 heteroatoms. The van der Waals surface area contributed by atoms with Crippen LogP contribution in [0.4, 0.5) is 0 Å². The van der Waals surface area contributed by atoms with E-state index >= 15 is 0 Å². The largest absolute Gasteiger partial charge is 0.330 e. The Kier molecular flexibility index (Phi) is 4.18. The van der Waals surface area contributed by atoms with Gasteiger partial charge < -0.3 is 5.73 Å². The van der Waals surface area contributed by atoms with Gasteiger partial charge in [0.15, 0.2) is 0 Å². The van der Waals surface area contributed by atoms with Crippen LogP contribution >= 0.6 is 11.8 Å². The minimum atomic E-state index is 0.641. The summed E-state index contributed by atoms with van der Waals surface area (Å²) in [6, 6.07) is 14.6. The fourth-order valence-corrected chi connectivity index (χ4v) is 2.10. The number of thioether (sulfide) groups is 1. The van der Waals surface area contributed by atoms with Gasteiger partial charge in [-0.3, -0.25) is 4.98 Å². The summed E-state index contributed by atoms with van der Waals surface area (Å²) >= 11 is 1.75. The van der Waals surface area contributed by atoms with Gasteiger partial charge in [0.1, 0.15) is 0 Å². The van der Waals surface area contributed by atoms with Crippen molar-refractivity contribution in [2.45, 2.75) is 11.3 Å². The summed E-state index contributed by atoms with van der Waals surface area (Å²) in [4.78, 5) is 5.87. The van der Waals surface area contributed by atoms with Gasteiger partial charge in [-0.2, -0.15) is 0 Å². The first-order chi connectivity index (χ1) is 8.33. The van der Waals surface area contributed by atoms with Crippen molar-refractivity contribution in [2.75, 3.05) is 12.8 Å².